The summed E-state index contributed by atoms with van der Waals surface area (Å²) in [5.41, 5.74) is -0.638. The van der Waals surface area contributed by atoms with Crippen LogP contribution in [0.3, 0.4) is 0 Å². The molecule has 0 saturated heterocycles. The number of carboxylic acid groups (broad SMARTS) is 1. The van der Waals surface area contributed by atoms with Crippen LogP contribution >= 0.6 is 0 Å². The second-order valence-corrected chi connectivity index (χ2v) is 6.31. The highest BCUT2D eigenvalue weighted by molar-refractivity contribution is 5.78. The molecule has 112 valence electrons. The molecule has 0 aromatic carbocycles. The van der Waals surface area contributed by atoms with E-state index in [4.69, 9.17) is 0 Å². The average Bonchev–Trinajstić information content (AvgIpc) is 2.22. The molecular formula is C14H29N3O2. The molecule has 1 aliphatic carbocycles. The first kappa shape index (κ1) is 16.4. The summed E-state index contributed by atoms with van der Waals surface area (Å²) < 4.78 is 0. The highest BCUT2D eigenvalue weighted by Gasteiger charge is 2.41. The first-order valence-electron chi connectivity index (χ1n) is 7.10. The molecule has 1 atom stereocenters. The average molecular weight is 271 g/mol. The Hall–Kier alpha value is -0.650. The van der Waals surface area contributed by atoms with Crippen molar-refractivity contribution in [1.29, 1.82) is 0 Å². The normalized spacial score (nSPS) is 21.2. The number of likely N-dealkylation sites (N-methyl/N-ethyl adjacent to an activating group) is 3. The molecule has 2 N–H and O–H groups in total. The lowest BCUT2D eigenvalue weighted by Gasteiger charge is -2.50. The Kier molecular flexibility index (Phi) is 5.35. The van der Waals surface area contributed by atoms with Gasteiger partial charge in [0.25, 0.3) is 0 Å². The quantitative estimate of drug-likeness (QED) is 0.685. The SMILES string of the molecule is CCNC(C)(CN(C)CC1(N(C)C)CCC1)C(=O)O. The van der Waals surface area contributed by atoms with Gasteiger partial charge in [-0.1, -0.05) is 6.92 Å². The molecule has 0 aromatic rings. The Balaban J connectivity index is 2.62. The van der Waals surface area contributed by atoms with Gasteiger partial charge in [0.15, 0.2) is 0 Å². The van der Waals surface area contributed by atoms with Gasteiger partial charge < -0.3 is 20.2 Å². The molecule has 0 bridgehead atoms. The summed E-state index contributed by atoms with van der Waals surface area (Å²) in [6.07, 6.45) is 3.68. The van der Waals surface area contributed by atoms with Crippen LogP contribution in [0.25, 0.3) is 0 Å². The maximum atomic E-state index is 11.4. The predicted octanol–water partition coefficient (Wildman–Crippen LogP) is 0.855. The summed E-state index contributed by atoms with van der Waals surface area (Å²) in [6.45, 7) is 5.81. The minimum absolute atomic E-state index is 0.236. The van der Waals surface area contributed by atoms with Crippen LogP contribution in [-0.4, -0.2) is 72.7 Å². The number of aliphatic carboxylic acids is 1. The smallest absolute Gasteiger partial charge is 0.324 e. The third kappa shape index (κ3) is 3.68. The van der Waals surface area contributed by atoms with Crippen LogP contribution in [0.1, 0.15) is 33.1 Å². The topological polar surface area (TPSA) is 55.8 Å². The van der Waals surface area contributed by atoms with Gasteiger partial charge in [-0.3, -0.25) is 4.79 Å². The third-order valence-corrected chi connectivity index (χ3v) is 4.42. The molecule has 5 heteroatoms. The maximum Gasteiger partial charge on any atom is 0.324 e. The van der Waals surface area contributed by atoms with E-state index in [1.165, 1.54) is 19.3 Å². The van der Waals surface area contributed by atoms with E-state index in [0.29, 0.717) is 13.1 Å². The van der Waals surface area contributed by atoms with Crippen molar-refractivity contribution in [2.75, 3.05) is 40.8 Å². The molecule has 1 fully saturated rings. The van der Waals surface area contributed by atoms with E-state index in [1.54, 1.807) is 6.92 Å². The van der Waals surface area contributed by atoms with E-state index in [1.807, 2.05) is 14.0 Å². The van der Waals surface area contributed by atoms with Gasteiger partial charge in [0.2, 0.25) is 0 Å². The van der Waals surface area contributed by atoms with Gasteiger partial charge in [-0.15, -0.1) is 0 Å². The first-order chi connectivity index (χ1) is 8.76. The number of carboxylic acids is 1. The van der Waals surface area contributed by atoms with Crippen LogP contribution in [0.4, 0.5) is 0 Å². The van der Waals surface area contributed by atoms with Gasteiger partial charge >= 0.3 is 5.97 Å². The molecule has 1 aliphatic rings. The van der Waals surface area contributed by atoms with E-state index in [0.717, 1.165) is 6.54 Å². The fourth-order valence-corrected chi connectivity index (χ4v) is 3.02. The van der Waals surface area contributed by atoms with Crippen LogP contribution in [0.5, 0.6) is 0 Å². The van der Waals surface area contributed by atoms with Crippen LogP contribution in [0.15, 0.2) is 0 Å². The highest BCUT2D eigenvalue weighted by atomic mass is 16.4. The molecule has 0 heterocycles. The fourth-order valence-electron chi connectivity index (χ4n) is 3.02. The molecule has 0 spiro atoms. The highest BCUT2D eigenvalue weighted by Crippen LogP contribution is 2.36. The standard InChI is InChI=1S/C14H29N3O2/c1-6-15-13(2,12(18)19)10-17(5)11-14(16(3)4)8-7-9-14/h15H,6-11H2,1-5H3,(H,18,19). The van der Waals surface area contributed by atoms with Crippen molar-refractivity contribution in [1.82, 2.24) is 15.1 Å². The first-order valence-corrected chi connectivity index (χ1v) is 7.10. The van der Waals surface area contributed by atoms with Gasteiger partial charge in [0, 0.05) is 18.6 Å². The van der Waals surface area contributed by atoms with Crippen molar-refractivity contribution < 1.29 is 9.90 Å². The molecule has 1 rings (SSSR count). The zero-order chi connectivity index (χ0) is 14.7. The number of nitrogens with one attached hydrogen (secondary N) is 1. The second-order valence-electron chi connectivity index (χ2n) is 6.31. The molecule has 1 unspecified atom stereocenters. The van der Waals surface area contributed by atoms with Crippen molar-refractivity contribution in [2.45, 2.75) is 44.2 Å². The van der Waals surface area contributed by atoms with E-state index in [9.17, 15) is 9.90 Å². The van der Waals surface area contributed by atoms with Crippen LogP contribution in [-0.2, 0) is 4.79 Å². The maximum absolute atomic E-state index is 11.4. The predicted molar refractivity (Wildman–Crippen MR) is 77.5 cm³/mol. The summed E-state index contributed by atoms with van der Waals surface area (Å²) >= 11 is 0. The lowest BCUT2D eigenvalue weighted by molar-refractivity contribution is -0.145. The van der Waals surface area contributed by atoms with Crippen LogP contribution < -0.4 is 5.32 Å². The van der Waals surface area contributed by atoms with Crippen LogP contribution in [0, 0.1) is 0 Å². The molecular weight excluding hydrogens is 242 g/mol. The molecule has 5 nitrogen and oxygen atoms in total. The lowest BCUT2D eigenvalue weighted by Crippen LogP contribution is -2.61. The fraction of sp³-hybridized carbons (Fsp3) is 0.929. The Morgan fingerprint density at radius 3 is 2.26 bits per heavy atom. The van der Waals surface area contributed by atoms with E-state index >= 15 is 0 Å². The van der Waals surface area contributed by atoms with Gasteiger partial charge in [-0.25, -0.2) is 0 Å². The summed E-state index contributed by atoms with van der Waals surface area (Å²) in [6, 6.07) is 0. The zero-order valence-corrected chi connectivity index (χ0v) is 13.0. The minimum Gasteiger partial charge on any atom is -0.480 e. The number of carbonyl (C=O) groups is 1. The molecule has 0 aliphatic heterocycles. The molecule has 1 saturated carbocycles. The van der Waals surface area contributed by atoms with Gasteiger partial charge in [-0.05, 0) is 53.9 Å². The number of rotatable bonds is 8. The third-order valence-electron chi connectivity index (χ3n) is 4.42. The largest absolute Gasteiger partial charge is 0.480 e. The Labute approximate surface area is 117 Å². The van der Waals surface area contributed by atoms with Gasteiger partial charge in [-0.2, -0.15) is 0 Å². The summed E-state index contributed by atoms with van der Waals surface area (Å²) in [4.78, 5) is 15.9. The molecule has 19 heavy (non-hydrogen) atoms. The molecule has 0 radical (unpaired) electrons. The van der Waals surface area contributed by atoms with E-state index in [2.05, 4.69) is 29.2 Å². The van der Waals surface area contributed by atoms with Crippen molar-refractivity contribution in [3.05, 3.63) is 0 Å². The number of hydrogen-bond donors (Lipinski definition) is 2. The van der Waals surface area contributed by atoms with Crippen molar-refractivity contribution in [3.63, 3.8) is 0 Å². The Morgan fingerprint density at radius 1 is 1.37 bits per heavy atom. The van der Waals surface area contributed by atoms with Gasteiger partial charge in [0.05, 0.1) is 0 Å². The van der Waals surface area contributed by atoms with Crippen LogP contribution in [0.2, 0.25) is 0 Å². The van der Waals surface area contributed by atoms with Crippen molar-refractivity contribution in [2.24, 2.45) is 0 Å². The summed E-state index contributed by atoms with van der Waals surface area (Å²) in [5, 5.41) is 12.5. The molecule has 0 amide bonds. The Bertz CT molecular complexity index is 316. The summed E-state index contributed by atoms with van der Waals surface area (Å²) in [7, 11) is 6.25. The van der Waals surface area contributed by atoms with E-state index in [-0.39, 0.29) is 5.54 Å². The number of nitrogens with zero attached hydrogens (tertiary/aromatic N) is 2. The molecule has 0 aromatic heterocycles. The van der Waals surface area contributed by atoms with E-state index < -0.39 is 11.5 Å². The summed E-state index contributed by atoms with van der Waals surface area (Å²) in [5.74, 6) is -0.784. The zero-order valence-electron chi connectivity index (χ0n) is 13.0. The minimum atomic E-state index is -0.874. The lowest BCUT2D eigenvalue weighted by atomic mass is 9.75. The second kappa shape index (κ2) is 6.20. The monoisotopic (exact) mass is 271 g/mol. The van der Waals surface area contributed by atoms with Crippen molar-refractivity contribution >= 4 is 5.97 Å². The number of hydrogen-bond acceptors (Lipinski definition) is 4. The Morgan fingerprint density at radius 2 is 1.95 bits per heavy atom. The van der Waals surface area contributed by atoms with Gasteiger partial charge in [0.1, 0.15) is 5.54 Å². The van der Waals surface area contributed by atoms with Crippen molar-refractivity contribution in [3.8, 4) is 0 Å².